The van der Waals surface area contributed by atoms with Gasteiger partial charge in [-0.2, -0.15) is 5.26 Å². The van der Waals surface area contributed by atoms with Gasteiger partial charge in [-0.1, -0.05) is 0 Å². The first-order valence-corrected chi connectivity index (χ1v) is 4.45. The predicted octanol–water partition coefficient (Wildman–Crippen LogP) is -1.47. The van der Waals surface area contributed by atoms with Gasteiger partial charge in [0.25, 0.3) is 0 Å². The number of nitrogens with zero attached hydrogens (tertiary/aromatic N) is 1. The molecule has 70 valence electrons. The molecule has 2 heterocycles. The molecule has 0 aliphatic carbocycles. The lowest BCUT2D eigenvalue weighted by molar-refractivity contribution is -0.123. The van der Waals surface area contributed by atoms with Crippen LogP contribution in [0.3, 0.4) is 0 Å². The highest BCUT2D eigenvalue weighted by atomic mass is 16.2. The van der Waals surface area contributed by atoms with Gasteiger partial charge in [0.15, 0.2) is 0 Å². The van der Waals surface area contributed by atoms with E-state index in [-0.39, 0.29) is 24.0 Å². The number of amides is 1. The normalized spacial score (nSPS) is 38.7. The Bertz CT molecular complexity index is 259. The highest BCUT2D eigenvalue weighted by Crippen LogP contribution is 2.14. The molecule has 0 radical (unpaired) electrons. The summed E-state index contributed by atoms with van der Waals surface area (Å²) in [5.41, 5.74) is 0. The van der Waals surface area contributed by atoms with Gasteiger partial charge in [-0.05, 0) is 6.42 Å². The van der Waals surface area contributed by atoms with E-state index < -0.39 is 0 Å². The van der Waals surface area contributed by atoms with Crippen molar-refractivity contribution in [3.63, 3.8) is 0 Å². The van der Waals surface area contributed by atoms with Crippen molar-refractivity contribution in [2.75, 3.05) is 13.1 Å². The van der Waals surface area contributed by atoms with Crippen molar-refractivity contribution >= 4 is 5.91 Å². The van der Waals surface area contributed by atoms with Crippen LogP contribution < -0.4 is 16.0 Å². The van der Waals surface area contributed by atoms with E-state index in [1.54, 1.807) is 0 Å². The standard InChI is InChI=1S/C8H12N4O/c9-2-5-1-6-8(10-3-5)11-4-7(13)12-6/h5-6,8,10-11H,1,3-4H2,(H,12,13)/t5-,6+,8-/m1/s1. The Hall–Kier alpha value is -1.12. The summed E-state index contributed by atoms with van der Waals surface area (Å²) in [4.78, 5) is 11.0. The summed E-state index contributed by atoms with van der Waals surface area (Å²) >= 11 is 0. The summed E-state index contributed by atoms with van der Waals surface area (Å²) in [6.07, 6.45) is 0.884. The third-order valence-electron chi connectivity index (χ3n) is 2.54. The van der Waals surface area contributed by atoms with Crippen LogP contribution >= 0.6 is 0 Å². The molecule has 3 atom stereocenters. The molecule has 1 amide bonds. The molecule has 2 aliphatic rings. The minimum Gasteiger partial charge on any atom is -0.349 e. The molecule has 5 nitrogen and oxygen atoms in total. The van der Waals surface area contributed by atoms with E-state index in [4.69, 9.17) is 5.26 Å². The van der Waals surface area contributed by atoms with Gasteiger partial charge in [-0.25, -0.2) is 0 Å². The fourth-order valence-electron chi connectivity index (χ4n) is 1.85. The van der Waals surface area contributed by atoms with Gasteiger partial charge in [-0.15, -0.1) is 0 Å². The summed E-state index contributed by atoms with van der Waals surface area (Å²) < 4.78 is 0. The number of rotatable bonds is 0. The number of nitrogens with one attached hydrogen (secondary N) is 3. The van der Waals surface area contributed by atoms with E-state index in [1.807, 2.05) is 0 Å². The van der Waals surface area contributed by atoms with Crippen LogP contribution in [0.15, 0.2) is 0 Å². The molecular weight excluding hydrogens is 168 g/mol. The quantitative estimate of drug-likeness (QED) is 0.425. The van der Waals surface area contributed by atoms with Crippen molar-refractivity contribution in [3.8, 4) is 6.07 Å². The van der Waals surface area contributed by atoms with E-state index in [1.165, 1.54) is 0 Å². The number of fused-ring (bicyclic) bond motifs is 1. The number of nitriles is 1. The minimum absolute atomic E-state index is 0.0152. The molecule has 2 aliphatic heterocycles. The molecule has 0 aromatic heterocycles. The molecule has 0 saturated carbocycles. The zero-order valence-electron chi connectivity index (χ0n) is 7.21. The Labute approximate surface area is 76.5 Å². The third-order valence-corrected chi connectivity index (χ3v) is 2.54. The van der Waals surface area contributed by atoms with Gasteiger partial charge >= 0.3 is 0 Å². The second kappa shape index (κ2) is 3.32. The topological polar surface area (TPSA) is 77.0 Å². The fourth-order valence-corrected chi connectivity index (χ4v) is 1.85. The monoisotopic (exact) mass is 180 g/mol. The highest BCUT2D eigenvalue weighted by molar-refractivity contribution is 5.79. The number of carbonyl (C=O) groups excluding carboxylic acids is 1. The lowest BCUT2D eigenvalue weighted by Gasteiger charge is -2.38. The largest absolute Gasteiger partial charge is 0.349 e. The average molecular weight is 180 g/mol. The fraction of sp³-hybridized carbons (Fsp3) is 0.750. The third kappa shape index (κ3) is 1.64. The molecule has 13 heavy (non-hydrogen) atoms. The maximum atomic E-state index is 11.0. The number of piperidine rings is 1. The maximum Gasteiger partial charge on any atom is 0.234 e. The summed E-state index contributed by atoms with van der Waals surface area (Å²) in [6, 6.07) is 2.28. The zero-order chi connectivity index (χ0) is 9.26. The van der Waals surface area contributed by atoms with Crippen LogP contribution in [0.4, 0.5) is 0 Å². The zero-order valence-corrected chi connectivity index (χ0v) is 7.21. The van der Waals surface area contributed by atoms with Gasteiger partial charge in [0.1, 0.15) is 0 Å². The Morgan fingerprint density at radius 3 is 3.08 bits per heavy atom. The van der Waals surface area contributed by atoms with E-state index in [0.717, 1.165) is 6.42 Å². The van der Waals surface area contributed by atoms with E-state index in [9.17, 15) is 4.79 Å². The van der Waals surface area contributed by atoms with Crippen molar-refractivity contribution in [3.05, 3.63) is 0 Å². The van der Waals surface area contributed by atoms with E-state index >= 15 is 0 Å². The molecule has 3 N–H and O–H groups in total. The molecular formula is C8H12N4O. The lowest BCUT2D eigenvalue weighted by atomic mass is 9.93. The number of hydrogen-bond acceptors (Lipinski definition) is 4. The first-order valence-electron chi connectivity index (χ1n) is 4.45. The SMILES string of the molecule is N#C[C@@H]1CN[C@@H]2NCC(=O)N[C@H]2C1. The van der Waals surface area contributed by atoms with Gasteiger partial charge < -0.3 is 5.32 Å². The van der Waals surface area contributed by atoms with Crippen LogP contribution in [0.5, 0.6) is 0 Å². The van der Waals surface area contributed by atoms with Crippen LogP contribution in [0.25, 0.3) is 0 Å². The Morgan fingerprint density at radius 2 is 2.31 bits per heavy atom. The van der Waals surface area contributed by atoms with E-state index in [0.29, 0.717) is 13.1 Å². The van der Waals surface area contributed by atoms with Crippen molar-refractivity contribution in [1.29, 1.82) is 5.26 Å². The molecule has 0 aromatic carbocycles. The number of carbonyl (C=O) groups is 1. The second-order valence-corrected chi connectivity index (χ2v) is 3.50. The van der Waals surface area contributed by atoms with Gasteiger partial charge in [-0.3, -0.25) is 15.4 Å². The molecule has 2 saturated heterocycles. The van der Waals surface area contributed by atoms with Crippen molar-refractivity contribution in [1.82, 2.24) is 16.0 Å². The van der Waals surface area contributed by atoms with Gasteiger partial charge in [0.2, 0.25) is 5.91 Å². The molecule has 0 aromatic rings. The van der Waals surface area contributed by atoms with Crippen LogP contribution in [-0.2, 0) is 4.79 Å². The van der Waals surface area contributed by atoms with Gasteiger partial charge in [0, 0.05) is 6.54 Å². The van der Waals surface area contributed by atoms with Crippen LogP contribution in [0, 0.1) is 17.2 Å². The Kier molecular flexibility index (Phi) is 2.17. The first-order chi connectivity index (χ1) is 6.29. The molecule has 0 unspecified atom stereocenters. The molecule has 2 fully saturated rings. The average Bonchev–Trinajstić information content (AvgIpc) is 2.16. The van der Waals surface area contributed by atoms with Gasteiger partial charge in [0.05, 0.1) is 30.7 Å². The Morgan fingerprint density at radius 1 is 1.46 bits per heavy atom. The highest BCUT2D eigenvalue weighted by Gasteiger charge is 2.33. The van der Waals surface area contributed by atoms with Crippen molar-refractivity contribution in [2.45, 2.75) is 18.6 Å². The van der Waals surface area contributed by atoms with Crippen LogP contribution in [0.2, 0.25) is 0 Å². The number of piperazine rings is 1. The second-order valence-electron chi connectivity index (χ2n) is 3.50. The van der Waals surface area contributed by atoms with Crippen molar-refractivity contribution < 1.29 is 4.79 Å². The summed E-state index contributed by atoms with van der Waals surface area (Å²) in [5.74, 6) is 0.0306. The van der Waals surface area contributed by atoms with E-state index in [2.05, 4.69) is 22.0 Å². The van der Waals surface area contributed by atoms with Crippen molar-refractivity contribution in [2.24, 2.45) is 5.92 Å². The smallest absolute Gasteiger partial charge is 0.234 e. The molecule has 5 heteroatoms. The molecule has 2 rings (SSSR count). The summed E-state index contributed by atoms with van der Waals surface area (Å²) in [7, 11) is 0. The number of hydrogen-bond donors (Lipinski definition) is 3. The molecule has 0 spiro atoms. The maximum absolute atomic E-state index is 11.0. The lowest BCUT2D eigenvalue weighted by Crippen LogP contribution is -2.67. The first kappa shape index (κ1) is 8.48. The molecule has 0 bridgehead atoms. The minimum atomic E-state index is 0.0152. The summed E-state index contributed by atoms with van der Waals surface area (Å²) in [6.45, 7) is 1.08. The van der Waals surface area contributed by atoms with Crippen LogP contribution in [0.1, 0.15) is 6.42 Å². The Balaban J connectivity index is 2.00. The predicted molar refractivity (Wildman–Crippen MR) is 45.4 cm³/mol. The van der Waals surface area contributed by atoms with Crippen LogP contribution in [-0.4, -0.2) is 31.2 Å². The summed E-state index contributed by atoms with van der Waals surface area (Å²) in [5, 5.41) is 17.9.